The predicted molar refractivity (Wildman–Crippen MR) is 83.7 cm³/mol. The molecular formula is C16H21BrN2O. The van der Waals surface area contributed by atoms with Gasteiger partial charge >= 0.3 is 0 Å². The summed E-state index contributed by atoms with van der Waals surface area (Å²) in [6, 6.07) is 8.74. The number of nitrogens with zero attached hydrogens (tertiary/aromatic N) is 1. The lowest BCUT2D eigenvalue weighted by atomic mass is 10.0. The van der Waals surface area contributed by atoms with Gasteiger partial charge in [0.25, 0.3) is 0 Å². The third-order valence-corrected chi connectivity index (χ3v) is 5.02. The fraction of sp³-hybridized carbons (Fsp3) is 0.562. The smallest absolute Gasteiger partial charge is 0.223 e. The van der Waals surface area contributed by atoms with Crippen molar-refractivity contribution >= 4 is 21.8 Å². The maximum Gasteiger partial charge on any atom is 0.223 e. The Balaban J connectivity index is 1.51. The van der Waals surface area contributed by atoms with E-state index in [-0.39, 0.29) is 11.8 Å². The van der Waals surface area contributed by atoms with E-state index in [1.165, 1.54) is 5.56 Å². The largest absolute Gasteiger partial charge is 0.353 e. The second kappa shape index (κ2) is 5.86. The molecule has 0 spiro atoms. The number of carbonyl (C=O) groups is 1. The predicted octanol–water partition coefficient (Wildman–Crippen LogP) is 2.76. The summed E-state index contributed by atoms with van der Waals surface area (Å²) in [7, 11) is 2.14. The van der Waals surface area contributed by atoms with E-state index in [0.29, 0.717) is 12.0 Å². The Morgan fingerprint density at radius 1 is 1.25 bits per heavy atom. The number of rotatable bonds is 3. The SMILES string of the molecule is CN1CCC(NC(=O)C2CC2c2ccc(Br)cc2)CC1. The van der Waals surface area contributed by atoms with Crippen LogP contribution in [0.15, 0.2) is 28.7 Å². The first-order valence-electron chi connectivity index (χ1n) is 7.38. The van der Waals surface area contributed by atoms with E-state index in [1.807, 2.05) is 0 Å². The number of amides is 1. The second-order valence-corrected chi connectivity index (χ2v) is 7.00. The monoisotopic (exact) mass is 336 g/mol. The summed E-state index contributed by atoms with van der Waals surface area (Å²) in [5.74, 6) is 0.873. The standard InChI is InChI=1S/C16H21BrN2O/c1-19-8-6-13(7-9-19)18-16(20)15-10-14(15)11-2-4-12(17)5-3-11/h2-5,13-15H,6-10H2,1H3,(H,18,20). The Kier molecular flexibility index (Phi) is 4.13. The third-order valence-electron chi connectivity index (χ3n) is 4.49. The molecule has 20 heavy (non-hydrogen) atoms. The molecule has 108 valence electrons. The van der Waals surface area contributed by atoms with E-state index in [0.717, 1.165) is 36.8 Å². The van der Waals surface area contributed by atoms with Crippen LogP contribution in [0.3, 0.4) is 0 Å². The molecule has 3 nitrogen and oxygen atoms in total. The zero-order chi connectivity index (χ0) is 14.1. The Bertz CT molecular complexity index is 480. The lowest BCUT2D eigenvalue weighted by Gasteiger charge is -2.29. The molecule has 0 radical (unpaired) electrons. The Morgan fingerprint density at radius 3 is 2.55 bits per heavy atom. The first-order chi connectivity index (χ1) is 9.63. The van der Waals surface area contributed by atoms with E-state index >= 15 is 0 Å². The molecule has 2 aliphatic rings. The van der Waals surface area contributed by atoms with Crippen LogP contribution in [-0.2, 0) is 4.79 Å². The minimum absolute atomic E-state index is 0.191. The fourth-order valence-corrected chi connectivity index (χ4v) is 3.29. The average molecular weight is 337 g/mol. The maximum absolute atomic E-state index is 12.3. The van der Waals surface area contributed by atoms with Crippen molar-refractivity contribution in [2.75, 3.05) is 20.1 Å². The van der Waals surface area contributed by atoms with Gasteiger partial charge in [-0.05, 0) is 63.0 Å². The van der Waals surface area contributed by atoms with Crippen molar-refractivity contribution in [3.8, 4) is 0 Å². The highest BCUT2D eigenvalue weighted by Crippen LogP contribution is 2.47. The number of hydrogen-bond donors (Lipinski definition) is 1. The summed E-state index contributed by atoms with van der Waals surface area (Å²) >= 11 is 3.45. The molecule has 4 heteroatoms. The summed E-state index contributed by atoms with van der Waals surface area (Å²) in [5, 5.41) is 3.24. The summed E-state index contributed by atoms with van der Waals surface area (Å²) in [5.41, 5.74) is 1.29. The molecule has 1 aliphatic carbocycles. The van der Waals surface area contributed by atoms with Gasteiger partial charge in [-0.3, -0.25) is 4.79 Å². The molecule has 1 aliphatic heterocycles. The summed E-state index contributed by atoms with van der Waals surface area (Å²) in [4.78, 5) is 14.6. The zero-order valence-corrected chi connectivity index (χ0v) is 13.4. The molecule has 0 bridgehead atoms. The van der Waals surface area contributed by atoms with Gasteiger partial charge in [0.2, 0.25) is 5.91 Å². The summed E-state index contributed by atoms with van der Waals surface area (Å²) < 4.78 is 1.09. The molecule has 1 aromatic carbocycles. The van der Waals surface area contributed by atoms with E-state index in [1.54, 1.807) is 0 Å². The summed E-state index contributed by atoms with van der Waals surface area (Å²) in [6.07, 6.45) is 3.16. The Labute approximate surface area is 128 Å². The van der Waals surface area contributed by atoms with E-state index in [4.69, 9.17) is 0 Å². The Hall–Kier alpha value is -0.870. The van der Waals surface area contributed by atoms with Crippen LogP contribution in [0.4, 0.5) is 0 Å². The zero-order valence-electron chi connectivity index (χ0n) is 11.8. The van der Waals surface area contributed by atoms with Gasteiger partial charge in [-0.25, -0.2) is 0 Å². The molecule has 1 amide bonds. The van der Waals surface area contributed by atoms with Crippen LogP contribution < -0.4 is 5.32 Å². The lowest BCUT2D eigenvalue weighted by molar-refractivity contribution is -0.123. The number of halogens is 1. The van der Waals surface area contributed by atoms with Crippen LogP contribution in [0, 0.1) is 5.92 Å². The van der Waals surface area contributed by atoms with Crippen LogP contribution >= 0.6 is 15.9 Å². The van der Waals surface area contributed by atoms with Gasteiger partial charge in [0.1, 0.15) is 0 Å². The molecule has 2 unspecified atom stereocenters. The third kappa shape index (κ3) is 3.23. The lowest BCUT2D eigenvalue weighted by Crippen LogP contribution is -2.44. The average Bonchev–Trinajstić information content (AvgIpc) is 3.23. The number of carbonyl (C=O) groups excluding carboxylic acids is 1. The van der Waals surface area contributed by atoms with Gasteiger partial charge in [0.05, 0.1) is 0 Å². The number of likely N-dealkylation sites (tertiary alicyclic amines) is 1. The van der Waals surface area contributed by atoms with E-state index in [9.17, 15) is 4.79 Å². The van der Waals surface area contributed by atoms with Gasteiger partial charge in [-0.15, -0.1) is 0 Å². The second-order valence-electron chi connectivity index (χ2n) is 6.09. The number of benzene rings is 1. The quantitative estimate of drug-likeness (QED) is 0.920. The molecule has 0 aromatic heterocycles. The normalized spacial score (nSPS) is 27.3. The first kappa shape index (κ1) is 14.1. The Morgan fingerprint density at radius 2 is 1.90 bits per heavy atom. The topological polar surface area (TPSA) is 32.3 Å². The molecule has 1 saturated carbocycles. The van der Waals surface area contributed by atoms with Gasteiger partial charge in [0.15, 0.2) is 0 Å². The molecule has 3 rings (SSSR count). The van der Waals surface area contributed by atoms with Crippen molar-refractivity contribution in [2.24, 2.45) is 5.92 Å². The minimum Gasteiger partial charge on any atom is -0.353 e. The molecule has 1 heterocycles. The first-order valence-corrected chi connectivity index (χ1v) is 8.17. The maximum atomic E-state index is 12.3. The van der Waals surface area contributed by atoms with Crippen molar-refractivity contribution in [3.05, 3.63) is 34.3 Å². The molecule has 1 N–H and O–H groups in total. The van der Waals surface area contributed by atoms with Crippen LogP contribution in [0.25, 0.3) is 0 Å². The molecule has 2 fully saturated rings. The van der Waals surface area contributed by atoms with Gasteiger partial charge < -0.3 is 10.2 Å². The molecular weight excluding hydrogens is 316 g/mol. The number of piperidine rings is 1. The van der Waals surface area contributed by atoms with Crippen molar-refractivity contribution in [3.63, 3.8) is 0 Å². The number of hydrogen-bond acceptors (Lipinski definition) is 2. The minimum atomic E-state index is 0.191. The molecule has 2 atom stereocenters. The van der Waals surface area contributed by atoms with Crippen molar-refractivity contribution in [2.45, 2.75) is 31.2 Å². The van der Waals surface area contributed by atoms with Gasteiger partial charge in [-0.2, -0.15) is 0 Å². The summed E-state index contributed by atoms with van der Waals surface area (Å²) in [6.45, 7) is 2.18. The highest BCUT2D eigenvalue weighted by atomic mass is 79.9. The van der Waals surface area contributed by atoms with Crippen molar-refractivity contribution in [1.29, 1.82) is 0 Å². The van der Waals surface area contributed by atoms with Gasteiger partial charge in [-0.1, -0.05) is 28.1 Å². The van der Waals surface area contributed by atoms with Crippen molar-refractivity contribution < 1.29 is 4.79 Å². The van der Waals surface area contributed by atoms with E-state index in [2.05, 4.69) is 57.5 Å². The van der Waals surface area contributed by atoms with Crippen molar-refractivity contribution in [1.82, 2.24) is 10.2 Å². The van der Waals surface area contributed by atoms with Crippen LogP contribution in [0.5, 0.6) is 0 Å². The van der Waals surface area contributed by atoms with Crippen LogP contribution in [0.1, 0.15) is 30.7 Å². The van der Waals surface area contributed by atoms with E-state index < -0.39 is 0 Å². The van der Waals surface area contributed by atoms with Crippen LogP contribution in [0.2, 0.25) is 0 Å². The fourth-order valence-electron chi connectivity index (χ4n) is 3.02. The highest BCUT2D eigenvalue weighted by molar-refractivity contribution is 9.10. The highest BCUT2D eigenvalue weighted by Gasteiger charge is 2.44. The number of nitrogens with one attached hydrogen (secondary N) is 1. The molecule has 1 aromatic rings. The molecule has 1 saturated heterocycles. The van der Waals surface area contributed by atoms with Crippen LogP contribution in [-0.4, -0.2) is 37.0 Å². The van der Waals surface area contributed by atoms with Gasteiger partial charge in [0, 0.05) is 16.4 Å².